The van der Waals surface area contributed by atoms with E-state index in [-0.39, 0.29) is 6.04 Å². The standard InChI is InChI=1S/C14H28N4O2S/c1-21(19,20)18-10-6-9-13(18)11-16-14(15)17-12-7-4-2-3-5-8-12/h12-13H,2-11H2,1H3,(H3,15,16,17)/t13-/m1/s1. The summed E-state index contributed by atoms with van der Waals surface area (Å²) in [5.41, 5.74) is 5.96. The van der Waals surface area contributed by atoms with Crippen molar-refractivity contribution in [3.05, 3.63) is 0 Å². The molecule has 1 aliphatic heterocycles. The molecule has 21 heavy (non-hydrogen) atoms. The number of hydrogen-bond acceptors (Lipinski definition) is 3. The lowest BCUT2D eigenvalue weighted by molar-refractivity contribution is 0.396. The molecule has 1 atom stereocenters. The molecule has 0 spiro atoms. The molecule has 7 heteroatoms. The van der Waals surface area contributed by atoms with Gasteiger partial charge in [-0.2, -0.15) is 4.31 Å². The zero-order chi connectivity index (χ0) is 15.3. The van der Waals surface area contributed by atoms with E-state index >= 15 is 0 Å². The van der Waals surface area contributed by atoms with Gasteiger partial charge in [-0.25, -0.2) is 8.42 Å². The van der Waals surface area contributed by atoms with Crippen molar-refractivity contribution in [3.8, 4) is 0 Å². The molecule has 1 saturated carbocycles. The first kappa shape index (κ1) is 16.5. The Morgan fingerprint density at radius 1 is 1.19 bits per heavy atom. The minimum atomic E-state index is -3.13. The number of nitrogens with one attached hydrogen (secondary N) is 1. The Balaban J connectivity index is 1.84. The smallest absolute Gasteiger partial charge is 0.211 e. The van der Waals surface area contributed by atoms with Gasteiger partial charge in [-0.05, 0) is 25.7 Å². The van der Waals surface area contributed by atoms with Crippen LogP contribution in [0.15, 0.2) is 4.99 Å². The topological polar surface area (TPSA) is 87.8 Å². The van der Waals surface area contributed by atoms with Crippen molar-refractivity contribution in [3.63, 3.8) is 0 Å². The molecule has 2 fully saturated rings. The quantitative estimate of drug-likeness (QED) is 0.461. The molecule has 1 saturated heterocycles. The highest BCUT2D eigenvalue weighted by Crippen LogP contribution is 2.20. The largest absolute Gasteiger partial charge is 0.370 e. The normalized spacial score (nSPS) is 26.7. The first-order valence-corrected chi connectivity index (χ1v) is 9.85. The first-order valence-electron chi connectivity index (χ1n) is 8.00. The van der Waals surface area contributed by atoms with Crippen LogP contribution in [0.3, 0.4) is 0 Å². The predicted octanol–water partition coefficient (Wildman–Crippen LogP) is 1.04. The summed E-state index contributed by atoms with van der Waals surface area (Å²) in [6.07, 6.45) is 10.4. The summed E-state index contributed by atoms with van der Waals surface area (Å²) in [4.78, 5) is 4.37. The van der Waals surface area contributed by atoms with Crippen LogP contribution in [0.4, 0.5) is 0 Å². The molecule has 0 aromatic heterocycles. The summed E-state index contributed by atoms with van der Waals surface area (Å²) < 4.78 is 24.9. The van der Waals surface area contributed by atoms with E-state index in [4.69, 9.17) is 5.73 Å². The number of nitrogens with two attached hydrogens (primary N) is 1. The second kappa shape index (κ2) is 7.45. The van der Waals surface area contributed by atoms with Crippen LogP contribution in [0.25, 0.3) is 0 Å². The Morgan fingerprint density at radius 2 is 1.86 bits per heavy atom. The van der Waals surface area contributed by atoms with Crippen molar-refractivity contribution in [2.45, 2.75) is 63.5 Å². The van der Waals surface area contributed by atoms with Gasteiger partial charge in [-0.3, -0.25) is 4.99 Å². The van der Waals surface area contributed by atoms with E-state index in [0.29, 0.717) is 25.1 Å². The minimum absolute atomic E-state index is 0.0329. The van der Waals surface area contributed by atoms with Gasteiger partial charge in [-0.1, -0.05) is 25.7 Å². The maximum absolute atomic E-state index is 11.7. The van der Waals surface area contributed by atoms with Crippen LogP contribution in [-0.4, -0.2) is 50.1 Å². The van der Waals surface area contributed by atoms with Crippen LogP contribution < -0.4 is 11.1 Å². The van der Waals surface area contributed by atoms with Gasteiger partial charge in [0, 0.05) is 18.6 Å². The molecule has 0 bridgehead atoms. The molecule has 1 aliphatic carbocycles. The van der Waals surface area contributed by atoms with Gasteiger partial charge in [0.05, 0.1) is 12.8 Å². The lowest BCUT2D eigenvalue weighted by atomic mass is 10.1. The van der Waals surface area contributed by atoms with Gasteiger partial charge in [0.1, 0.15) is 0 Å². The fourth-order valence-electron chi connectivity index (χ4n) is 3.31. The van der Waals surface area contributed by atoms with Crippen LogP contribution in [-0.2, 0) is 10.0 Å². The van der Waals surface area contributed by atoms with E-state index < -0.39 is 10.0 Å². The van der Waals surface area contributed by atoms with Crippen molar-refractivity contribution in [1.82, 2.24) is 9.62 Å². The molecule has 0 aromatic carbocycles. The minimum Gasteiger partial charge on any atom is -0.370 e. The van der Waals surface area contributed by atoms with E-state index in [2.05, 4.69) is 10.3 Å². The van der Waals surface area contributed by atoms with E-state index in [1.165, 1.54) is 31.9 Å². The van der Waals surface area contributed by atoms with Crippen LogP contribution in [0.2, 0.25) is 0 Å². The van der Waals surface area contributed by atoms with E-state index in [9.17, 15) is 8.42 Å². The predicted molar refractivity (Wildman–Crippen MR) is 85.7 cm³/mol. The zero-order valence-electron chi connectivity index (χ0n) is 12.9. The fourth-order valence-corrected chi connectivity index (χ4v) is 4.48. The van der Waals surface area contributed by atoms with Gasteiger partial charge in [0.2, 0.25) is 10.0 Å². The third-order valence-electron chi connectivity index (χ3n) is 4.43. The number of aliphatic imine (C=N–C) groups is 1. The molecule has 0 radical (unpaired) electrons. The molecule has 0 unspecified atom stereocenters. The van der Waals surface area contributed by atoms with Crippen molar-refractivity contribution in [2.24, 2.45) is 10.7 Å². The monoisotopic (exact) mass is 316 g/mol. The SMILES string of the molecule is CS(=O)(=O)N1CCC[C@@H]1CN=C(N)NC1CCCCCC1. The summed E-state index contributed by atoms with van der Waals surface area (Å²) in [5, 5.41) is 3.30. The lowest BCUT2D eigenvalue weighted by Crippen LogP contribution is -2.41. The van der Waals surface area contributed by atoms with Gasteiger partial charge >= 0.3 is 0 Å². The highest BCUT2D eigenvalue weighted by Gasteiger charge is 2.31. The number of guanidine groups is 1. The summed E-state index contributed by atoms with van der Waals surface area (Å²) >= 11 is 0. The zero-order valence-corrected chi connectivity index (χ0v) is 13.7. The second-order valence-electron chi connectivity index (χ2n) is 6.23. The number of hydrogen-bond donors (Lipinski definition) is 2. The molecule has 122 valence electrons. The lowest BCUT2D eigenvalue weighted by Gasteiger charge is -2.21. The first-order chi connectivity index (χ1) is 9.97. The van der Waals surface area contributed by atoms with Gasteiger partial charge in [0.25, 0.3) is 0 Å². The molecule has 2 rings (SSSR count). The van der Waals surface area contributed by atoms with Gasteiger partial charge in [0.15, 0.2) is 5.96 Å². The molecule has 1 heterocycles. The molecular weight excluding hydrogens is 288 g/mol. The van der Waals surface area contributed by atoms with E-state index in [0.717, 1.165) is 25.7 Å². The summed E-state index contributed by atoms with van der Waals surface area (Å²) in [7, 11) is -3.13. The maximum Gasteiger partial charge on any atom is 0.211 e. The Labute approximate surface area is 128 Å². The third kappa shape index (κ3) is 5.14. The highest BCUT2D eigenvalue weighted by molar-refractivity contribution is 7.88. The van der Waals surface area contributed by atoms with Crippen LogP contribution in [0, 0.1) is 0 Å². The Kier molecular flexibility index (Phi) is 5.87. The van der Waals surface area contributed by atoms with Crippen LogP contribution in [0.1, 0.15) is 51.4 Å². The summed E-state index contributed by atoms with van der Waals surface area (Å²) in [6.45, 7) is 1.06. The van der Waals surface area contributed by atoms with Crippen molar-refractivity contribution in [1.29, 1.82) is 0 Å². The molecule has 3 N–H and O–H groups in total. The highest BCUT2D eigenvalue weighted by atomic mass is 32.2. The average molecular weight is 316 g/mol. The summed E-state index contributed by atoms with van der Waals surface area (Å²) in [6, 6.07) is 0.389. The Morgan fingerprint density at radius 3 is 2.48 bits per heavy atom. The Hall–Kier alpha value is -0.820. The maximum atomic E-state index is 11.7. The molecule has 0 aromatic rings. The van der Waals surface area contributed by atoms with Crippen molar-refractivity contribution < 1.29 is 8.42 Å². The van der Waals surface area contributed by atoms with Gasteiger partial charge < -0.3 is 11.1 Å². The van der Waals surface area contributed by atoms with Crippen molar-refractivity contribution >= 4 is 16.0 Å². The molecule has 6 nitrogen and oxygen atoms in total. The number of sulfonamides is 1. The van der Waals surface area contributed by atoms with E-state index in [1.807, 2.05) is 0 Å². The second-order valence-corrected chi connectivity index (χ2v) is 8.16. The average Bonchev–Trinajstić information content (AvgIpc) is 2.75. The van der Waals surface area contributed by atoms with Crippen LogP contribution in [0.5, 0.6) is 0 Å². The summed E-state index contributed by atoms with van der Waals surface area (Å²) in [5.74, 6) is 0.460. The van der Waals surface area contributed by atoms with Crippen LogP contribution >= 0.6 is 0 Å². The van der Waals surface area contributed by atoms with E-state index in [1.54, 1.807) is 4.31 Å². The molecule has 2 aliphatic rings. The number of rotatable bonds is 4. The third-order valence-corrected chi connectivity index (χ3v) is 5.76. The van der Waals surface area contributed by atoms with Crippen molar-refractivity contribution in [2.75, 3.05) is 19.3 Å². The Bertz CT molecular complexity index is 456. The molecular formula is C14H28N4O2S. The molecule has 0 amide bonds. The fraction of sp³-hybridized carbons (Fsp3) is 0.929. The van der Waals surface area contributed by atoms with Gasteiger partial charge in [-0.15, -0.1) is 0 Å². The number of nitrogens with zero attached hydrogens (tertiary/aromatic N) is 2.